The summed E-state index contributed by atoms with van der Waals surface area (Å²) in [6.45, 7) is 2.58. The van der Waals surface area contributed by atoms with Gasteiger partial charge in [-0.2, -0.15) is 0 Å². The third kappa shape index (κ3) is 3.47. The fraction of sp³-hybridized carbons (Fsp3) is 0.529. The number of methoxy groups -OCH3 is 2. The Morgan fingerprint density at radius 2 is 1.96 bits per heavy atom. The van der Waals surface area contributed by atoms with Crippen LogP contribution in [0.5, 0.6) is 5.75 Å². The van der Waals surface area contributed by atoms with Crippen molar-refractivity contribution in [1.29, 1.82) is 0 Å². The number of benzene rings is 1. The zero-order valence-electron chi connectivity index (χ0n) is 13.7. The first-order valence-electron chi connectivity index (χ1n) is 7.58. The zero-order valence-corrected chi connectivity index (χ0v) is 13.7. The number of rotatable bonds is 6. The van der Waals surface area contributed by atoms with Crippen LogP contribution in [-0.4, -0.2) is 55.8 Å². The molecule has 0 bridgehead atoms. The summed E-state index contributed by atoms with van der Waals surface area (Å²) >= 11 is 0. The lowest BCUT2D eigenvalue weighted by atomic mass is 9.88. The van der Waals surface area contributed by atoms with Crippen LogP contribution >= 0.6 is 0 Å². The highest BCUT2D eigenvalue weighted by Crippen LogP contribution is 2.33. The number of hydrogen-bond donors (Lipinski definition) is 1. The maximum Gasteiger partial charge on any atom is 0.313 e. The summed E-state index contributed by atoms with van der Waals surface area (Å²) in [7, 11) is 3.07. The molecule has 0 saturated carbocycles. The Hall–Kier alpha value is -2.08. The smallest absolute Gasteiger partial charge is 0.313 e. The molecule has 6 nitrogen and oxygen atoms in total. The molecule has 0 radical (unpaired) electrons. The number of carbonyl (C=O) groups excluding carboxylic acids is 1. The second-order valence-corrected chi connectivity index (χ2v) is 6.02. The summed E-state index contributed by atoms with van der Waals surface area (Å²) in [4.78, 5) is 25.9. The summed E-state index contributed by atoms with van der Waals surface area (Å²) in [5, 5.41) is 9.48. The minimum absolute atomic E-state index is 0.0607. The van der Waals surface area contributed by atoms with Crippen molar-refractivity contribution in [2.45, 2.75) is 19.3 Å². The minimum atomic E-state index is -0.996. The highest BCUT2D eigenvalue weighted by Gasteiger charge is 2.47. The van der Waals surface area contributed by atoms with Gasteiger partial charge < -0.3 is 19.5 Å². The van der Waals surface area contributed by atoms with Gasteiger partial charge in [0.2, 0.25) is 5.91 Å². The van der Waals surface area contributed by atoms with E-state index < -0.39 is 11.4 Å². The average molecular weight is 321 g/mol. The number of likely N-dealkylation sites (tertiary alicyclic amines) is 1. The first kappa shape index (κ1) is 17.3. The Labute approximate surface area is 136 Å². The first-order valence-corrected chi connectivity index (χ1v) is 7.58. The summed E-state index contributed by atoms with van der Waals surface area (Å²) in [5.41, 5.74) is -0.111. The summed E-state index contributed by atoms with van der Waals surface area (Å²) < 4.78 is 10.2. The molecule has 2 rings (SSSR count). The number of carbonyl (C=O) groups is 2. The van der Waals surface area contributed by atoms with Crippen molar-refractivity contribution in [3.05, 3.63) is 29.8 Å². The molecule has 2 unspecified atom stereocenters. The lowest BCUT2D eigenvalue weighted by Gasteiger charge is -2.25. The fourth-order valence-corrected chi connectivity index (χ4v) is 3.00. The van der Waals surface area contributed by atoms with Gasteiger partial charge in [0.05, 0.1) is 19.6 Å². The number of hydrogen-bond acceptors (Lipinski definition) is 4. The Bertz CT molecular complexity index is 571. The maximum absolute atomic E-state index is 12.7. The van der Waals surface area contributed by atoms with E-state index in [4.69, 9.17) is 9.47 Å². The van der Waals surface area contributed by atoms with Crippen molar-refractivity contribution < 1.29 is 24.2 Å². The number of ether oxygens (including phenoxy) is 2. The van der Waals surface area contributed by atoms with Crippen molar-refractivity contribution in [2.24, 2.45) is 5.41 Å². The van der Waals surface area contributed by atoms with Gasteiger partial charge in [0.1, 0.15) is 11.2 Å². The third-order valence-electron chi connectivity index (χ3n) is 4.53. The molecular formula is C17H23NO5. The predicted octanol–water partition coefficient (Wildman–Crippen LogP) is 1.75. The molecule has 1 fully saturated rings. The molecule has 1 aliphatic rings. The van der Waals surface area contributed by atoms with E-state index in [1.807, 2.05) is 31.2 Å². The van der Waals surface area contributed by atoms with Gasteiger partial charge in [-0.3, -0.25) is 9.59 Å². The number of amides is 1. The number of aliphatic carboxylic acids is 1. The van der Waals surface area contributed by atoms with Crippen molar-refractivity contribution in [3.8, 4) is 5.75 Å². The second kappa shape index (κ2) is 7.00. The molecule has 2 atom stereocenters. The van der Waals surface area contributed by atoms with Gasteiger partial charge >= 0.3 is 5.97 Å². The van der Waals surface area contributed by atoms with Gasteiger partial charge in [0, 0.05) is 20.2 Å². The number of nitrogens with zero attached hydrogens (tertiary/aromatic N) is 1. The van der Waals surface area contributed by atoms with Crippen LogP contribution in [-0.2, 0) is 14.3 Å². The molecule has 1 amide bonds. The Kier molecular flexibility index (Phi) is 5.26. The monoisotopic (exact) mass is 321 g/mol. The van der Waals surface area contributed by atoms with Crippen molar-refractivity contribution in [1.82, 2.24) is 4.90 Å². The van der Waals surface area contributed by atoms with E-state index in [9.17, 15) is 14.7 Å². The molecule has 6 heteroatoms. The van der Waals surface area contributed by atoms with E-state index in [1.54, 1.807) is 12.0 Å². The van der Waals surface area contributed by atoms with Crippen LogP contribution in [0.3, 0.4) is 0 Å². The van der Waals surface area contributed by atoms with E-state index in [2.05, 4.69) is 0 Å². The number of carboxylic acid groups (broad SMARTS) is 1. The van der Waals surface area contributed by atoms with E-state index in [0.29, 0.717) is 13.0 Å². The first-order chi connectivity index (χ1) is 10.9. The van der Waals surface area contributed by atoms with Crippen molar-refractivity contribution in [3.63, 3.8) is 0 Å². The average Bonchev–Trinajstić information content (AvgIpc) is 2.99. The number of carboxylic acids is 1. The van der Waals surface area contributed by atoms with Crippen molar-refractivity contribution >= 4 is 11.9 Å². The SMILES string of the molecule is COCC1(C(=O)O)CCN(C(=O)C(C)c2ccc(OC)cc2)C1. The van der Waals surface area contributed by atoms with E-state index in [0.717, 1.165) is 11.3 Å². The van der Waals surface area contributed by atoms with E-state index >= 15 is 0 Å². The molecule has 0 aromatic heterocycles. The lowest BCUT2D eigenvalue weighted by Crippen LogP contribution is -2.41. The van der Waals surface area contributed by atoms with Crippen LogP contribution in [0.4, 0.5) is 0 Å². The summed E-state index contributed by atoms with van der Waals surface area (Å²) in [5.74, 6) is -0.561. The fourth-order valence-electron chi connectivity index (χ4n) is 3.00. The molecule has 0 aliphatic carbocycles. The highest BCUT2D eigenvalue weighted by molar-refractivity contribution is 5.85. The summed E-state index contributed by atoms with van der Waals surface area (Å²) in [6.07, 6.45) is 0.414. The molecule has 126 valence electrons. The molecule has 1 aromatic carbocycles. The predicted molar refractivity (Wildman–Crippen MR) is 84.6 cm³/mol. The van der Waals surface area contributed by atoms with Crippen LogP contribution in [0.2, 0.25) is 0 Å². The normalized spacial score (nSPS) is 22.0. The molecule has 1 aromatic rings. The van der Waals surface area contributed by atoms with Gasteiger partial charge in [-0.1, -0.05) is 12.1 Å². The molecule has 1 N–H and O–H groups in total. The molecule has 1 heterocycles. The third-order valence-corrected chi connectivity index (χ3v) is 4.53. The second-order valence-electron chi connectivity index (χ2n) is 6.02. The largest absolute Gasteiger partial charge is 0.497 e. The van der Waals surface area contributed by atoms with Crippen molar-refractivity contribution in [2.75, 3.05) is 33.9 Å². The molecule has 23 heavy (non-hydrogen) atoms. The van der Waals surface area contributed by atoms with Crippen LogP contribution in [0.1, 0.15) is 24.8 Å². The zero-order chi connectivity index (χ0) is 17.0. The molecular weight excluding hydrogens is 298 g/mol. The Balaban J connectivity index is 2.09. The van der Waals surface area contributed by atoms with Gasteiger partial charge in [-0.25, -0.2) is 0 Å². The lowest BCUT2D eigenvalue weighted by molar-refractivity contribution is -0.151. The Morgan fingerprint density at radius 3 is 2.48 bits per heavy atom. The highest BCUT2D eigenvalue weighted by atomic mass is 16.5. The van der Waals surface area contributed by atoms with E-state index in [1.165, 1.54) is 7.11 Å². The van der Waals surface area contributed by atoms with Gasteiger partial charge in [-0.15, -0.1) is 0 Å². The molecule has 0 spiro atoms. The molecule has 1 aliphatic heterocycles. The standard InChI is InChI=1S/C17H23NO5/c1-12(13-4-6-14(23-3)7-5-13)15(19)18-9-8-17(10-18,11-22-2)16(20)21/h4-7,12H,8-11H2,1-3H3,(H,20,21). The summed E-state index contributed by atoms with van der Waals surface area (Å²) in [6, 6.07) is 7.35. The van der Waals surface area contributed by atoms with E-state index in [-0.39, 0.29) is 25.0 Å². The maximum atomic E-state index is 12.7. The topological polar surface area (TPSA) is 76.1 Å². The van der Waals surface area contributed by atoms with Crippen LogP contribution < -0.4 is 4.74 Å². The van der Waals surface area contributed by atoms with Gasteiger partial charge in [0.25, 0.3) is 0 Å². The van der Waals surface area contributed by atoms with Crippen LogP contribution in [0.15, 0.2) is 24.3 Å². The minimum Gasteiger partial charge on any atom is -0.497 e. The van der Waals surface area contributed by atoms with Gasteiger partial charge in [-0.05, 0) is 31.0 Å². The molecule has 1 saturated heterocycles. The van der Waals surface area contributed by atoms with Crippen LogP contribution in [0.25, 0.3) is 0 Å². The quantitative estimate of drug-likeness (QED) is 0.864. The Morgan fingerprint density at radius 1 is 1.30 bits per heavy atom. The van der Waals surface area contributed by atoms with Crippen LogP contribution in [0, 0.1) is 5.41 Å². The van der Waals surface area contributed by atoms with Gasteiger partial charge in [0.15, 0.2) is 0 Å².